The fourth-order valence-corrected chi connectivity index (χ4v) is 2.68. The molecule has 2 rings (SSSR count). The number of rotatable bonds is 3. The summed E-state index contributed by atoms with van der Waals surface area (Å²) in [5, 5.41) is 0.562. The second-order valence-corrected chi connectivity index (χ2v) is 4.96. The summed E-state index contributed by atoms with van der Waals surface area (Å²) in [5.41, 5.74) is 0. The molecule has 0 aromatic carbocycles. The van der Waals surface area contributed by atoms with Gasteiger partial charge in [-0.05, 0) is 25.7 Å². The number of halogens is 1. The Kier molecular flexibility index (Phi) is 4.21. The van der Waals surface area contributed by atoms with Gasteiger partial charge in [0.25, 0.3) is 0 Å². The zero-order chi connectivity index (χ0) is 12.3. The largest absolute Gasteiger partial charge is 0.353 e. The highest BCUT2D eigenvalue weighted by molar-refractivity contribution is 6.29. The van der Waals surface area contributed by atoms with Crippen LogP contribution in [0.1, 0.15) is 45.4 Å². The molecule has 1 aliphatic rings. The van der Waals surface area contributed by atoms with E-state index in [-0.39, 0.29) is 0 Å². The van der Waals surface area contributed by atoms with E-state index >= 15 is 0 Å². The topological polar surface area (TPSA) is 29.0 Å². The average Bonchev–Trinajstić information content (AvgIpc) is 2.37. The molecular formula is C13H20ClN3. The lowest BCUT2D eigenvalue weighted by Gasteiger charge is -2.36. The molecule has 0 spiro atoms. The summed E-state index contributed by atoms with van der Waals surface area (Å²) in [4.78, 5) is 11.2. The Morgan fingerprint density at radius 3 is 2.88 bits per heavy atom. The molecule has 1 aromatic heterocycles. The maximum Gasteiger partial charge on any atom is 0.134 e. The Morgan fingerprint density at radius 2 is 2.18 bits per heavy atom. The van der Waals surface area contributed by atoms with Crippen LogP contribution in [0.4, 0.5) is 5.82 Å². The molecule has 0 aliphatic carbocycles. The van der Waals surface area contributed by atoms with E-state index < -0.39 is 0 Å². The second kappa shape index (κ2) is 5.67. The molecule has 1 atom stereocenters. The normalized spacial score (nSPS) is 20.6. The first kappa shape index (κ1) is 12.6. The minimum Gasteiger partial charge on any atom is -0.353 e. The highest BCUT2D eigenvalue weighted by Crippen LogP contribution is 2.26. The minimum atomic E-state index is 0.562. The summed E-state index contributed by atoms with van der Waals surface area (Å²) in [6.45, 7) is 5.39. The monoisotopic (exact) mass is 253 g/mol. The van der Waals surface area contributed by atoms with Crippen LogP contribution < -0.4 is 4.90 Å². The first-order chi connectivity index (χ1) is 8.24. The Hall–Kier alpha value is -0.830. The van der Waals surface area contributed by atoms with Crippen LogP contribution in [0.5, 0.6) is 0 Å². The van der Waals surface area contributed by atoms with Crippen molar-refractivity contribution in [3.05, 3.63) is 17.0 Å². The van der Waals surface area contributed by atoms with Gasteiger partial charge in [-0.1, -0.05) is 25.4 Å². The first-order valence-corrected chi connectivity index (χ1v) is 6.92. The summed E-state index contributed by atoms with van der Waals surface area (Å²) in [7, 11) is 0. The molecule has 0 N–H and O–H groups in total. The van der Waals surface area contributed by atoms with Crippen molar-refractivity contribution in [1.29, 1.82) is 0 Å². The predicted octanol–water partition coefficient (Wildman–Crippen LogP) is 3.46. The van der Waals surface area contributed by atoms with E-state index in [4.69, 9.17) is 11.6 Å². The third-order valence-electron chi connectivity index (χ3n) is 3.44. The maximum absolute atomic E-state index is 6.06. The van der Waals surface area contributed by atoms with E-state index in [1.165, 1.54) is 25.7 Å². The van der Waals surface area contributed by atoms with E-state index in [2.05, 4.69) is 28.7 Å². The molecular weight excluding hydrogens is 234 g/mol. The third-order valence-corrected chi connectivity index (χ3v) is 3.63. The number of aryl methyl sites for hydroxylation is 1. The van der Waals surface area contributed by atoms with E-state index in [0.717, 1.165) is 24.6 Å². The first-order valence-electron chi connectivity index (χ1n) is 6.54. The summed E-state index contributed by atoms with van der Waals surface area (Å²) >= 11 is 6.06. The van der Waals surface area contributed by atoms with Crippen LogP contribution in [-0.2, 0) is 6.42 Å². The Morgan fingerprint density at radius 1 is 1.35 bits per heavy atom. The molecule has 0 bridgehead atoms. The van der Waals surface area contributed by atoms with E-state index in [1.807, 2.05) is 6.07 Å². The van der Waals surface area contributed by atoms with Crippen molar-refractivity contribution in [1.82, 2.24) is 9.97 Å². The Balaban J connectivity index is 2.27. The molecule has 1 saturated heterocycles. The van der Waals surface area contributed by atoms with Gasteiger partial charge in [0.05, 0.1) is 0 Å². The molecule has 94 valence electrons. The highest BCUT2D eigenvalue weighted by Gasteiger charge is 2.22. The van der Waals surface area contributed by atoms with Crippen molar-refractivity contribution in [3.63, 3.8) is 0 Å². The number of aromatic nitrogens is 2. The van der Waals surface area contributed by atoms with Crippen LogP contribution in [0.2, 0.25) is 5.15 Å². The van der Waals surface area contributed by atoms with Crippen LogP contribution in [0.15, 0.2) is 6.07 Å². The van der Waals surface area contributed by atoms with Gasteiger partial charge >= 0.3 is 0 Å². The standard InChI is InChI=1S/C13H20ClN3/c1-3-10-7-5-6-8-17(10)13-9-11(14)15-12(4-2)16-13/h9-10H,3-8H2,1-2H3. The molecule has 0 radical (unpaired) electrons. The lowest BCUT2D eigenvalue weighted by molar-refractivity contribution is 0.446. The van der Waals surface area contributed by atoms with Crippen molar-refractivity contribution in [2.45, 2.75) is 52.0 Å². The zero-order valence-corrected chi connectivity index (χ0v) is 11.4. The number of anilines is 1. The van der Waals surface area contributed by atoms with Gasteiger partial charge in [0.2, 0.25) is 0 Å². The van der Waals surface area contributed by atoms with Gasteiger partial charge in [-0.25, -0.2) is 9.97 Å². The van der Waals surface area contributed by atoms with Crippen molar-refractivity contribution < 1.29 is 0 Å². The van der Waals surface area contributed by atoms with Crippen molar-refractivity contribution >= 4 is 17.4 Å². The van der Waals surface area contributed by atoms with E-state index in [9.17, 15) is 0 Å². The lowest BCUT2D eigenvalue weighted by atomic mass is 10.0. The van der Waals surface area contributed by atoms with Gasteiger partial charge < -0.3 is 4.90 Å². The minimum absolute atomic E-state index is 0.562. The van der Waals surface area contributed by atoms with Crippen molar-refractivity contribution in [3.8, 4) is 0 Å². The molecule has 1 aromatic rings. The zero-order valence-electron chi connectivity index (χ0n) is 10.6. The molecule has 0 amide bonds. The van der Waals surface area contributed by atoms with E-state index in [0.29, 0.717) is 11.2 Å². The number of nitrogens with zero attached hydrogens (tertiary/aromatic N) is 3. The number of piperidine rings is 1. The van der Waals surface area contributed by atoms with Crippen molar-refractivity contribution in [2.75, 3.05) is 11.4 Å². The van der Waals surface area contributed by atoms with Gasteiger partial charge in [0.15, 0.2) is 0 Å². The van der Waals surface area contributed by atoms with Gasteiger partial charge in [-0.15, -0.1) is 0 Å². The van der Waals surface area contributed by atoms with Gasteiger partial charge in [0, 0.05) is 25.1 Å². The van der Waals surface area contributed by atoms with Crippen LogP contribution in [-0.4, -0.2) is 22.6 Å². The fourth-order valence-electron chi connectivity index (χ4n) is 2.48. The molecule has 17 heavy (non-hydrogen) atoms. The van der Waals surface area contributed by atoms with Crippen LogP contribution >= 0.6 is 11.6 Å². The van der Waals surface area contributed by atoms with Crippen molar-refractivity contribution in [2.24, 2.45) is 0 Å². The summed E-state index contributed by atoms with van der Waals surface area (Å²) in [6, 6.07) is 2.51. The predicted molar refractivity (Wildman–Crippen MR) is 71.7 cm³/mol. The molecule has 4 heteroatoms. The molecule has 1 fully saturated rings. The summed E-state index contributed by atoms with van der Waals surface area (Å²) in [6.07, 6.45) is 5.84. The highest BCUT2D eigenvalue weighted by atomic mass is 35.5. The molecule has 1 aliphatic heterocycles. The summed E-state index contributed by atoms with van der Waals surface area (Å²) in [5.74, 6) is 1.85. The molecule has 1 unspecified atom stereocenters. The quantitative estimate of drug-likeness (QED) is 0.773. The van der Waals surface area contributed by atoms with Gasteiger partial charge in [-0.3, -0.25) is 0 Å². The van der Waals surface area contributed by atoms with Crippen LogP contribution in [0.3, 0.4) is 0 Å². The summed E-state index contributed by atoms with van der Waals surface area (Å²) < 4.78 is 0. The van der Waals surface area contributed by atoms with Gasteiger partial charge in [-0.2, -0.15) is 0 Å². The maximum atomic E-state index is 6.06. The van der Waals surface area contributed by atoms with Crippen LogP contribution in [0.25, 0.3) is 0 Å². The number of hydrogen-bond acceptors (Lipinski definition) is 3. The third kappa shape index (κ3) is 2.89. The molecule has 0 saturated carbocycles. The van der Waals surface area contributed by atoms with E-state index in [1.54, 1.807) is 0 Å². The fraction of sp³-hybridized carbons (Fsp3) is 0.692. The molecule has 3 nitrogen and oxygen atoms in total. The smallest absolute Gasteiger partial charge is 0.134 e. The Bertz CT molecular complexity index is 381. The van der Waals surface area contributed by atoms with Crippen LogP contribution in [0, 0.1) is 0 Å². The average molecular weight is 254 g/mol. The number of hydrogen-bond donors (Lipinski definition) is 0. The lowest BCUT2D eigenvalue weighted by Crippen LogP contribution is -2.39. The SMILES string of the molecule is CCc1nc(Cl)cc(N2CCCCC2CC)n1. The van der Waals surface area contributed by atoms with Gasteiger partial charge in [0.1, 0.15) is 16.8 Å². The molecule has 2 heterocycles. The second-order valence-electron chi connectivity index (χ2n) is 4.57. The Labute approximate surface area is 108 Å².